The van der Waals surface area contributed by atoms with Gasteiger partial charge in [-0.15, -0.1) is 0 Å². The maximum absolute atomic E-state index is 12.9. The van der Waals surface area contributed by atoms with Crippen LogP contribution < -0.4 is 0 Å². The third kappa shape index (κ3) is 3.48. The molecule has 0 aliphatic rings. The number of aromatic nitrogens is 2. The minimum atomic E-state index is -0.776. The van der Waals surface area contributed by atoms with Gasteiger partial charge in [0.05, 0.1) is 23.8 Å². The lowest BCUT2D eigenvalue weighted by Crippen LogP contribution is -2.42. The molecule has 0 saturated heterocycles. The van der Waals surface area contributed by atoms with E-state index in [0.29, 0.717) is 42.8 Å². The van der Waals surface area contributed by atoms with E-state index in [2.05, 4.69) is 21.0 Å². The number of hydrogen-bond acceptors (Lipinski definition) is 4. The molecule has 0 saturated carbocycles. The van der Waals surface area contributed by atoms with Gasteiger partial charge >= 0.3 is 0 Å². The van der Waals surface area contributed by atoms with Crippen molar-refractivity contribution in [2.45, 2.75) is 45.8 Å². The van der Waals surface area contributed by atoms with Crippen LogP contribution in [0.2, 0.25) is 0 Å². The van der Waals surface area contributed by atoms with E-state index < -0.39 is 5.60 Å². The molecule has 0 aromatic carbocycles. The van der Waals surface area contributed by atoms with E-state index in [1.165, 1.54) is 0 Å². The van der Waals surface area contributed by atoms with Crippen molar-refractivity contribution in [1.82, 2.24) is 9.78 Å². The van der Waals surface area contributed by atoms with E-state index in [4.69, 9.17) is 9.47 Å². The Hall–Kier alpha value is -0.720. The van der Waals surface area contributed by atoms with Crippen LogP contribution in [-0.2, 0) is 16.0 Å². The molecule has 0 amide bonds. The highest BCUT2D eigenvalue weighted by atomic mass is 79.9. The summed E-state index contributed by atoms with van der Waals surface area (Å²) in [6.07, 6.45) is 2.92. The van der Waals surface area contributed by atoms with Crippen LogP contribution >= 0.6 is 15.9 Å². The molecule has 1 heterocycles. The van der Waals surface area contributed by atoms with Gasteiger partial charge in [0.15, 0.2) is 0 Å². The highest BCUT2D eigenvalue weighted by molar-refractivity contribution is 9.10. The molecular weight excluding hydrogens is 324 g/mol. The zero-order chi connectivity index (χ0) is 15.2. The molecule has 0 N–H and O–H groups in total. The second-order valence-corrected chi connectivity index (χ2v) is 5.37. The fourth-order valence-electron chi connectivity index (χ4n) is 2.27. The summed E-state index contributed by atoms with van der Waals surface area (Å²) in [6.45, 7) is 7.41. The van der Waals surface area contributed by atoms with Crippen LogP contribution in [0.15, 0.2) is 10.7 Å². The van der Waals surface area contributed by atoms with Gasteiger partial charge in [-0.1, -0.05) is 13.8 Å². The molecule has 0 atom stereocenters. The Morgan fingerprint density at radius 1 is 1.40 bits per heavy atom. The number of hydrogen-bond donors (Lipinski definition) is 0. The van der Waals surface area contributed by atoms with E-state index >= 15 is 0 Å². The number of ketones is 1. The van der Waals surface area contributed by atoms with Gasteiger partial charge < -0.3 is 9.47 Å². The second kappa shape index (κ2) is 7.90. The zero-order valence-corrected chi connectivity index (χ0v) is 14.2. The number of ether oxygens (including phenoxy) is 2. The van der Waals surface area contributed by atoms with Crippen molar-refractivity contribution in [3.8, 4) is 0 Å². The number of rotatable bonds is 9. The predicted molar refractivity (Wildman–Crippen MR) is 81.1 cm³/mol. The molecule has 0 aliphatic carbocycles. The Balaban J connectivity index is 3.14. The van der Waals surface area contributed by atoms with Gasteiger partial charge in [-0.05, 0) is 35.7 Å². The Morgan fingerprint density at radius 3 is 2.55 bits per heavy atom. The molecule has 114 valence electrons. The summed E-state index contributed by atoms with van der Waals surface area (Å²) in [6, 6.07) is 0. The molecule has 1 aromatic rings. The van der Waals surface area contributed by atoms with Gasteiger partial charge in [0.1, 0.15) is 11.3 Å². The van der Waals surface area contributed by atoms with Crippen LogP contribution in [0.3, 0.4) is 0 Å². The van der Waals surface area contributed by atoms with E-state index in [-0.39, 0.29) is 5.78 Å². The van der Waals surface area contributed by atoms with Crippen molar-refractivity contribution >= 4 is 21.7 Å². The Bertz CT molecular complexity index is 442. The van der Waals surface area contributed by atoms with E-state index in [1.807, 2.05) is 20.8 Å². The molecule has 0 radical (unpaired) electrons. The van der Waals surface area contributed by atoms with Gasteiger partial charge in [-0.25, -0.2) is 0 Å². The van der Waals surface area contributed by atoms with E-state index in [1.54, 1.807) is 18.0 Å². The number of Topliss-reactive ketones (excluding diaryl/α,β-unsaturated/α-hetero) is 1. The quantitative estimate of drug-likeness (QED) is 0.644. The average Bonchev–Trinajstić information content (AvgIpc) is 2.82. The van der Waals surface area contributed by atoms with Crippen molar-refractivity contribution in [3.05, 3.63) is 16.4 Å². The molecule has 0 spiro atoms. The number of nitrogens with zero attached hydrogens (tertiary/aromatic N) is 2. The van der Waals surface area contributed by atoms with Crippen LogP contribution in [-0.4, -0.2) is 41.5 Å². The standard InChI is InChI=1S/C14H23BrN2O3/c1-5-14(6-2,20-7-3)13(18)12-11(15)10-16-17(12)8-9-19-4/h10H,5-9H2,1-4H3. The molecular formula is C14H23BrN2O3. The molecule has 20 heavy (non-hydrogen) atoms. The van der Waals surface area contributed by atoms with Crippen molar-refractivity contribution in [2.75, 3.05) is 20.3 Å². The van der Waals surface area contributed by atoms with Crippen LogP contribution in [0.1, 0.15) is 44.1 Å². The number of carbonyl (C=O) groups is 1. The van der Waals surface area contributed by atoms with Gasteiger partial charge in [0.25, 0.3) is 0 Å². The Kier molecular flexibility index (Phi) is 6.85. The fourth-order valence-corrected chi connectivity index (χ4v) is 2.74. The molecule has 1 rings (SSSR count). The Labute approximate surface area is 128 Å². The molecule has 1 aromatic heterocycles. The third-order valence-electron chi connectivity index (χ3n) is 3.49. The van der Waals surface area contributed by atoms with Crippen molar-refractivity contribution < 1.29 is 14.3 Å². The second-order valence-electron chi connectivity index (χ2n) is 4.52. The molecule has 0 aliphatic heterocycles. The summed E-state index contributed by atoms with van der Waals surface area (Å²) < 4.78 is 13.2. The average molecular weight is 347 g/mol. The summed E-state index contributed by atoms with van der Waals surface area (Å²) in [7, 11) is 1.63. The SMILES string of the molecule is CCOC(CC)(CC)C(=O)c1c(Br)cnn1CCOC. The molecule has 0 bridgehead atoms. The molecule has 5 nitrogen and oxygen atoms in total. The smallest absolute Gasteiger partial charge is 0.213 e. The van der Waals surface area contributed by atoms with Crippen molar-refractivity contribution in [3.63, 3.8) is 0 Å². The summed E-state index contributed by atoms with van der Waals surface area (Å²) >= 11 is 3.41. The van der Waals surface area contributed by atoms with Crippen LogP contribution in [0.4, 0.5) is 0 Å². The summed E-state index contributed by atoms with van der Waals surface area (Å²) in [5.74, 6) is -0.0233. The first kappa shape index (κ1) is 17.3. The lowest BCUT2D eigenvalue weighted by molar-refractivity contribution is -0.0258. The van der Waals surface area contributed by atoms with Gasteiger partial charge in [-0.3, -0.25) is 9.48 Å². The predicted octanol–water partition coefficient (Wildman–Crippen LogP) is 3.07. The minimum absolute atomic E-state index is 0.0233. The zero-order valence-electron chi connectivity index (χ0n) is 12.6. The first-order chi connectivity index (χ1) is 9.56. The van der Waals surface area contributed by atoms with Crippen LogP contribution in [0.5, 0.6) is 0 Å². The monoisotopic (exact) mass is 346 g/mol. The minimum Gasteiger partial charge on any atom is -0.383 e. The first-order valence-corrected chi connectivity index (χ1v) is 7.74. The largest absolute Gasteiger partial charge is 0.383 e. The highest BCUT2D eigenvalue weighted by Crippen LogP contribution is 2.29. The van der Waals surface area contributed by atoms with Crippen molar-refractivity contribution in [2.24, 2.45) is 0 Å². The summed E-state index contributed by atoms with van der Waals surface area (Å²) in [4.78, 5) is 12.9. The number of halogens is 1. The Morgan fingerprint density at radius 2 is 2.05 bits per heavy atom. The van der Waals surface area contributed by atoms with Gasteiger partial charge in [-0.2, -0.15) is 5.10 Å². The topological polar surface area (TPSA) is 53.3 Å². The maximum Gasteiger partial charge on any atom is 0.213 e. The van der Waals surface area contributed by atoms with E-state index in [9.17, 15) is 4.79 Å². The molecule has 6 heteroatoms. The third-order valence-corrected chi connectivity index (χ3v) is 4.07. The van der Waals surface area contributed by atoms with Crippen LogP contribution in [0.25, 0.3) is 0 Å². The van der Waals surface area contributed by atoms with Gasteiger partial charge in [0.2, 0.25) is 5.78 Å². The number of carbonyl (C=O) groups excluding carboxylic acids is 1. The summed E-state index contributed by atoms with van der Waals surface area (Å²) in [5, 5.41) is 4.23. The molecule has 0 unspecified atom stereocenters. The summed E-state index contributed by atoms with van der Waals surface area (Å²) in [5.41, 5.74) is -0.221. The number of methoxy groups -OCH3 is 1. The van der Waals surface area contributed by atoms with Crippen molar-refractivity contribution in [1.29, 1.82) is 0 Å². The maximum atomic E-state index is 12.9. The van der Waals surface area contributed by atoms with Crippen LogP contribution in [0, 0.1) is 0 Å². The van der Waals surface area contributed by atoms with Gasteiger partial charge in [0, 0.05) is 13.7 Å². The first-order valence-electron chi connectivity index (χ1n) is 6.95. The lowest BCUT2D eigenvalue weighted by atomic mass is 9.90. The normalized spacial score (nSPS) is 11.8. The molecule has 0 fully saturated rings. The lowest BCUT2D eigenvalue weighted by Gasteiger charge is -2.30. The fraction of sp³-hybridized carbons (Fsp3) is 0.714. The highest BCUT2D eigenvalue weighted by Gasteiger charge is 2.39. The van der Waals surface area contributed by atoms with E-state index in [0.717, 1.165) is 0 Å².